The first-order chi connectivity index (χ1) is 6.88. The molecule has 0 atom stereocenters. The van der Waals surface area contributed by atoms with E-state index in [0.717, 1.165) is 22.4 Å². The highest BCUT2D eigenvalue weighted by atomic mass is 16.1. The molecule has 2 nitrogen and oxygen atoms in total. The lowest BCUT2D eigenvalue weighted by atomic mass is 9.84. The van der Waals surface area contributed by atoms with Crippen molar-refractivity contribution in [2.24, 2.45) is 4.99 Å². The Balaban J connectivity index is 3.54. The molecule has 0 aliphatic heterocycles. The molecular formula is C13H17NO. The molecule has 0 aromatic heterocycles. The fraction of sp³-hybridized carbons (Fsp3) is 0.462. The summed E-state index contributed by atoms with van der Waals surface area (Å²) in [6.07, 6.45) is 1.64. The monoisotopic (exact) mass is 203 g/mol. The van der Waals surface area contributed by atoms with Crippen LogP contribution in [0.25, 0.3) is 0 Å². The van der Waals surface area contributed by atoms with Gasteiger partial charge in [0, 0.05) is 0 Å². The van der Waals surface area contributed by atoms with Gasteiger partial charge in [-0.3, -0.25) is 0 Å². The third kappa shape index (κ3) is 2.34. The normalized spacial score (nSPS) is 11.0. The number of isocyanates is 1. The molecule has 0 spiro atoms. The van der Waals surface area contributed by atoms with Crippen molar-refractivity contribution in [1.82, 2.24) is 0 Å². The number of aryl methyl sites for hydroxylation is 1. The summed E-state index contributed by atoms with van der Waals surface area (Å²) in [4.78, 5) is 14.3. The zero-order valence-corrected chi connectivity index (χ0v) is 10.0. The van der Waals surface area contributed by atoms with Gasteiger partial charge in [-0.1, -0.05) is 32.9 Å². The Hall–Kier alpha value is -1.40. The third-order valence-corrected chi connectivity index (χ3v) is 2.67. The quantitative estimate of drug-likeness (QED) is 0.507. The summed E-state index contributed by atoms with van der Waals surface area (Å²) in [5.74, 6) is 0. The largest absolute Gasteiger partial charge is 0.240 e. The minimum absolute atomic E-state index is 0.00581. The van der Waals surface area contributed by atoms with Crippen molar-refractivity contribution >= 4 is 11.8 Å². The lowest BCUT2D eigenvalue weighted by Crippen LogP contribution is -2.12. The lowest BCUT2D eigenvalue weighted by molar-refractivity contribution is 0.564. The van der Waals surface area contributed by atoms with Crippen LogP contribution < -0.4 is 0 Å². The van der Waals surface area contributed by atoms with Gasteiger partial charge in [-0.2, -0.15) is 4.99 Å². The fourth-order valence-corrected chi connectivity index (χ4v) is 1.60. The van der Waals surface area contributed by atoms with Crippen LogP contribution in [0.5, 0.6) is 0 Å². The van der Waals surface area contributed by atoms with E-state index in [4.69, 9.17) is 0 Å². The van der Waals surface area contributed by atoms with Crippen LogP contribution in [0.3, 0.4) is 0 Å². The zero-order chi connectivity index (χ0) is 11.6. The first-order valence-electron chi connectivity index (χ1n) is 5.06. The van der Waals surface area contributed by atoms with Crippen molar-refractivity contribution in [3.8, 4) is 0 Å². The molecule has 1 aromatic carbocycles. The molecule has 80 valence electrons. The van der Waals surface area contributed by atoms with E-state index in [2.05, 4.69) is 31.8 Å². The molecule has 0 heterocycles. The van der Waals surface area contributed by atoms with Crippen LogP contribution in [-0.2, 0) is 10.2 Å². The summed E-state index contributed by atoms with van der Waals surface area (Å²) in [6, 6.07) is 4.11. The second-order valence-electron chi connectivity index (χ2n) is 4.86. The summed E-state index contributed by atoms with van der Waals surface area (Å²) in [5, 5.41) is 0. The Morgan fingerprint density at radius 1 is 1.20 bits per heavy atom. The highest BCUT2D eigenvalue weighted by molar-refractivity contribution is 5.62. The molecule has 0 aliphatic carbocycles. The van der Waals surface area contributed by atoms with Gasteiger partial charge >= 0.3 is 0 Å². The standard InChI is InChI=1S/C13H17NO/c1-9-6-7-11(13(3,4)5)12(10(9)2)14-8-15/h6-7H,1-5H3. The van der Waals surface area contributed by atoms with Crippen LogP contribution in [-0.4, -0.2) is 6.08 Å². The van der Waals surface area contributed by atoms with Crippen molar-refractivity contribution in [2.75, 3.05) is 0 Å². The van der Waals surface area contributed by atoms with Gasteiger partial charge in [-0.05, 0) is 36.0 Å². The van der Waals surface area contributed by atoms with Crippen molar-refractivity contribution in [3.05, 3.63) is 28.8 Å². The predicted octanol–water partition coefficient (Wildman–Crippen LogP) is 3.57. The van der Waals surface area contributed by atoms with Gasteiger partial charge in [-0.15, -0.1) is 0 Å². The molecule has 0 saturated carbocycles. The number of rotatable bonds is 1. The van der Waals surface area contributed by atoms with Crippen molar-refractivity contribution in [1.29, 1.82) is 0 Å². The second kappa shape index (κ2) is 4.00. The van der Waals surface area contributed by atoms with E-state index in [0.29, 0.717) is 0 Å². The lowest BCUT2D eigenvalue weighted by Gasteiger charge is -2.22. The van der Waals surface area contributed by atoms with E-state index in [1.165, 1.54) is 0 Å². The summed E-state index contributed by atoms with van der Waals surface area (Å²) in [7, 11) is 0. The van der Waals surface area contributed by atoms with E-state index in [1.54, 1.807) is 6.08 Å². The van der Waals surface area contributed by atoms with E-state index < -0.39 is 0 Å². The molecule has 15 heavy (non-hydrogen) atoms. The maximum Gasteiger partial charge on any atom is 0.240 e. The average Bonchev–Trinajstić information content (AvgIpc) is 2.11. The SMILES string of the molecule is Cc1ccc(C(C)(C)C)c(N=C=O)c1C. The molecule has 2 heteroatoms. The summed E-state index contributed by atoms with van der Waals surface area (Å²) in [5.41, 5.74) is 4.07. The van der Waals surface area contributed by atoms with Gasteiger partial charge < -0.3 is 0 Å². The minimum atomic E-state index is -0.00581. The van der Waals surface area contributed by atoms with Crippen molar-refractivity contribution < 1.29 is 4.79 Å². The van der Waals surface area contributed by atoms with Gasteiger partial charge in [0.15, 0.2) is 0 Å². The van der Waals surface area contributed by atoms with Crippen LogP contribution >= 0.6 is 0 Å². The molecule has 0 fully saturated rings. The first-order valence-corrected chi connectivity index (χ1v) is 5.06. The van der Waals surface area contributed by atoms with Gasteiger partial charge in [0.2, 0.25) is 6.08 Å². The number of nitrogens with zero attached hydrogens (tertiary/aromatic N) is 1. The molecule has 1 rings (SSSR count). The molecule has 0 saturated heterocycles. The van der Waals surface area contributed by atoms with E-state index >= 15 is 0 Å². The average molecular weight is 203 g/mol. The maximum absolute atomic E-state index is 10.4. The van der Waals surface area contributed by atoms with Crippen LogP contribution in [0.15, 0.2) is 17.1 Å². The molecule has 0 amide bonds. The van der Waals surface area contributed by atoms with E-state index in [9.17, 15) is 4.79 Å². The van der Waals surface area contributed by atoms with Crippen LogP contribution in [0, 0.1) is 13.8 Å². The molecule has 1 aromatic rings. The minimum Gasteiger partial charge on any atom is -0.211 e. The second-order valence-corrected chi connectivity index (χ2v) is 4.86. The Morgan fingerprint density at radius 2 is 1.80 bits per heavy atom. The smallest absolute Gasteiger partial charge is 0.211 e. The topological polar surface area (TPSA) is 29.4 Å². The Labute approximate surface area is 91.0 Å². The van der Waals surface area contributed by atoms with E-state index in [1.807, 2.05) is 19.9 Å². The molecule has 0 radical (unpaired) electrons. The predicted molar refractivity (Wildman–Crippen MR) is 62.4 cm³/mol. The zero-order valence-electron chi connectivity index (χ0n) is 10.0. The van der Waals surface area contributed by atoms with Gasteiger partial charge in [0.1, 0.15) is 0 Å². The Kier molecular flexibility index (Phi) is 3.11. The summed E-state index contributed by atoms with van der Waals surface area (Å²) < 4.78 is 0. The molecule has 0 bridgehead atoms. The van der Waals surface area contributed by atoms with Crippen LogP contribution in [0.1, 0.15) is 37.5 Å². The molecule has 0 aliphatic rings. The highest BCUT2D eigenvalue weighted by Gasteiger charge is 2.19. The third-order valence-electron chi connectivity index (χ3n) is 2.67. The van der Waals surface area contributed by atoms with E-state index in [-0.39, 0.29) is 5.41 Å². The van der Waals surface area contributed by atoms with Crippen LogP contribution in [0.4, 0.5) is 5.69 Å². The van der Waals surface area contributed by atoms with Gasteiger partial charge in [-0.25, -0.2) is 4.79 Å². The number of hydrogen-bond acceptors (Lipinski definition) is 2. The molecule has 0 unspecified atom stereocenters. The highest BCUT2D eigenvalue weighted by Crippen LogP contribution is 2.35. The fourth-order valence-electron chi connectivity index (χ4n) is 1.60. The number of hydrogen-bond donors (Lipinski definition) is 0. The summed E-state index contributed by atoms with van der Waals surface area (Å²) in [6.45, 7) is 10.3. The Bertz CT molecular complexity index is 421. The number of benzene rings is 1. The molecular weight excluding hydrogens is 186 g/mol. The van der Waals surface area contributed by atoms with Crippen molar-refractivity contribution in [2.45, 2.75) is 40.0 Å². The maximum atomic E-state index is 10.4. The van der Waals surface area contributed by atoms with Crippen LogP contribution in [0.2, 0.25) is 0 Å². The van der Waals surface area contributed by atoms with Crippen molar-refractivity contribution in [3.63, 3.8) is 0 Å². The number of carbonyl (C=O) groups excluding carboxylic acids is 1. The van der Waals surface area contributed by atoms with Gasteiger partial charge in [0.05, 0.1) is 5.69 Å². The first kappa shape index (κ1) is 11.7. The Morgan fingerprint density at radius 3 is 2.27 bits per heavy atom. The summed E-state index contributed by atoms with van der Waals surface area (Å²) >= 11 is 0. The van der Waals surface area contributed by atoms with Gasteiger partial charge in [0.25, 0.3) is 0 Å². The molecule has 0 N–H and O–H groups in total. The number of aliphatic imine (C=N–C) groups is 1.